The number of anilines is 1. The number of ether oxygens (including phenoxy) is 1. The van der Waals surface area contributed by atoms with Crippen molar-refractivity contribution >= 4 is 39.2 Å². The van der Waals surface area contributed by atoms with Crippen LogP contribution in [0.15, 0.2) is 53.4 Å². The molecule has 3 rings (SSSR count). The van der Waals surface area contributed by atoms with Crippen LogP contribution >= 0.6 is 11.6 Å². The van der Waals surface area contributed by atoms with Gasteiger partial charge in [0.25, 0.3) is 10.0 Å². The molecule has 0 radical (unpaired) electrons. The Morgan fingerprint density at radius 1 is 1.13 bits per heavy atom. The number of hydrogen-bond acceptors (Lipinski definition) is 5. The van der Waals surface area contributed by atoms with Crippen LogP contribution in [-0.4, -0.2) is 51.9 Å². The lowest BCUT2D eigenvalue weighted by atomic mass is 9.97. The summed E-state index contributed by atoms with van der Waals surface area (Å²) in [6, 6.07) is 12.9. The normalized spacial score (nSPS) is 14.9. The molecule has 1 saturated heterocycles. The van der Waals surface area contributed by atoms with Gasteiger partial charge in [0.15, 0.2) is 0 Å². The van der Waals surface area contributed by atoms with Gasteiger partial charge in [-0.3, -0.25) is 13.9 Å². The van der Waals surface area contributed by atoms with Gasteiger partial charge in [-0.2, -0.15) is 0 Å². The van der Waals surface area contributed by atoms with Gasteiger partial charge in [-0.25, -0.2) is 8.42 Å². The highest BCUT2D eigenvalue weighted by Gasteiger charge is 2.32. The van der Waals surface area contributed by atoms with Crippen molar-refractivity contribution in [1.29, 1.82) is 0 Å². The number of nitrogens with zero attached hydrogens (tertiary/aromatic N) is 2. The summed E-state index contributed by atoms with van der Waals surface area (Å²) in [6.07, 6.45) is 0.973. The molecule has 1 amide bonds. The maximum absolute atomic E-state index is 13.4. The van der Waals surface area contributed by atoms with Crippen molar-refractivity contribution in [3.05, 3.63) is 59.1 Å². The Bertz CT molecular complexity index is 1050. The summed E-state index contributed by atoms with van der Waals surface area (Å²) in [4.78, 5) is 26.4. The van der Waals surface area contributed by atoms with Gasteiger partial charge < -0.3 is 9.64 Å². The van der Waals surface area contributed by atoms with E-state index in [1.807, 2.05) is 6.92 Å². The number of likely N-dealkylation sites (tertiary alicyclic amines) is 1. The monoisotopic (exact) mass is 464 g/mol. The van der Waals surface area contributed by atoms with Crippen molar-refractivity contribution in [2.24, 2.45) is 5.92 Å². The molecule has 0 atom stereocenters. The molecule has 0 aromatic heterocycles. The fourth-order valence-corrected chi connectivity index (χ4v) is 5.13. The van der Waals surface area contributed by atoms with Crippen LogP contribution in [0.4, 0.5) is 5.69 Å². The number of rotatable bonds is 6. The topological polar surface area (TPSA) is 84.0 Å². The minimum atomic E-state index is -4.00. The van der Waals surface area contributed by atoms with E-state index in [2.05, 4.69) is 0 Å². The number of hydrogen-bond donors (Lipinski definition) is 0. The lowest BCUT2D eigenvalue weighted by molar-refractivity contribution is -0.148. The first-order valence-electron chi connectivity index (χ1n) is 9.93. The van der Waals surface area contributed by atoms with Gasteiger partial charge in [0.05, 0.1) is 23.6 Å². The Balaban J connectivity index is 1.85. The van der Waals surface area contributed by atoms with Crippen LogP contribution in [0.25, 0.3) is 0 Å². The van der Waals surface area contributed by atoms with E-state index in [0.29, 0.717) is 36.6 Å². The number of carbonyl (C=O) groups excluding carboxylic acids is 2. The maximum Gasteiger partial charge on any atom is 0.308 e. The molecule has 1 aliphatic rings. The smallest absolute Gasteiger partial charge is 0.308 e. The second-order valence-corrected chi connectivity index (χ2v) is 9.78. The van der Waals surface area contributed by atoms with E-state index in [1.165, 1.54) is 25.3 Å². The van der Waals surface area contributed by atoms with E-state index in [9.17, 15) is 18.0 Å². The lowest BCUT2D eigenvalue weighted by Crippen LogP contribution is -2.46. The van der Waals surface area contributed by atoms with Crippen molar-refractivity contribution < 1.29 is 22.7 Å². The van der Waals surface area contributed by atoms with Crippen LogP contribution in [-0.2, 0) is 24.3 Å². The lowest BCUT2D eigenvalue weighted by Gasteiger charge is -2.33. The summed E-state index contributed by atoms with van der Waals surface area (Å²) in [5.74, 6) is -0.858. The predicted molar refractivity (Wildman–Crippen MR) is 118 cm³/mol. The Labute approximate surface area is 187 Å². The van der Waals surface area contributed by atoms with Crippen LogP contribution in [0.5, 0.6) is 0 Å². The second kappa shape index (κ2) is 9.70. The molecular weight excluding hydrogens is 440 g/mol. The van der Waals surface area contributed by atoms with Gasteiger partial charge >= 0.3 is 5.97 Å². The predicted octanol–water partition coefficient (Wildman–Crippen LogP) is 3.26. The highest BCUT2D eigenvalue weighted by molar-refractivity contribution is 7.92. The fourth-order valence-electron chi connectivity index (χ4n) is 3.54. The van der Waals surface area contributed by atoms with Gasteiger partial charge in [-0.15, -0.1) is 0 Å². The minimum absolute atomic E-state index is 0.0928. The molecule has 2 aromatic rings. The number of halogens is 1. The van der Waals surface area contributed by atoms with Gasteiger partial charge in [-0.05, 0) is 50.1 Å². The molecule has 166 valence electrons. The molecule has 0 bridgehead atoms. The van der Waals surface area contributed by atoms with Crippen molar-refractivity contribution in [2.45, 2.75) is 24.7 Å². The van der Waals surface area contributed by atoms with Crippen LogP contribution in [0.2, 0.25) is 5.02 Å². The van der Waals surface area contributed by atoms with Gasteiger partial charge in [0.1, 0.15) is 6.54 Å². The summed E-state index contributed by atoms with van der Waals surface area (Å²) >= 11 is 6.09. The zero-order valence-electron chi connectivity index (χ0n) is 17.5. The first-order valence-corrected chi connectivity index (χ1v) is 11.7. The molecule has 31 heavy (non-hydrogen) atoms. The van der Waals surface area contributed by atoms with Crippen molar-refractivity contribution in [1.82, 2.24) is 4.90 Å². The van der Waals surface area contributed by atoms with Crippen molar-refractivity contribution in [3.63, 3.8) is 0 Å². The molecule has 1 heterocycles. The molecule has 9 heteroatoms. The van der Waals surface area contributed by atoms with Gasteiger partial charge in [0, 0.05) is 18.1 Å². The summed E-state index contributed by atoms with van der Waals surface area (Å²) in [5.41, 5.74) is 1.24. The standard InChI is InChI=1S/C22H25ClN2O5S/c1-16-6-8-20(9-7-16)31(28,29)25(19-5-3-4-18(23)14-19)15-21(26)24-12-10-17(11-13-24)22(27)30-2/h3-9,14,17H,10-13,15H2,1-2H3. The molecule has 2 aromatic carbocycles. The molecule has 1 fully saturated rings. The maximum atomic E-state index is 13.4. The van der Waals surface area contributed by atoms with Gasteiger partial charge in [-0.1, -0.05) is 35.4 Å². The molecule has 0 aliphatic carbocycles. The third kappa shape index (κ3) is 5.37. The Morgan fingerprint density at radius 3 is 2.35 bits per heavy atom. The molecule has 0 unspecified atom stereocenters. The number of esters is 1. The van der Waals surface area contributed by atoms with E-state index < -0.39 is 10.0 Å². The SMILES string of the molecule is COC(=O)C1CCN(C(=O)CN(c2cccc(Cl)c2)S(=O)(=O)c2ccc(C)cc2)CC1. The molecular formula is C22H25ClN2O5S. The summed E-state index contributed by atoms with van der Waals surface area (Å²) in [7, 11) is -2.65. The minimum Gasteiger partial charge on any atom is -0.469 e. The van der Waals surface area contributed by atoms with Crippen LogP contribution in [0.3, 0.4) is 0 Å². The number of methoxy groups -OCH3 is 1. The molecule has 0 N–H and O–H groups in total. The quantitative estimate of drug-likeness (QED) is 0.613. The van der Waals surface area contributed by atoms with Crippen molar-refractivity contribution in [2.75, 3.05) is 31.0 Å². The molecule has 0 spiro atoms. The average Bonchev–Trinajstić information content (AvgIpc) is 2.77. The number of piperidine rings is 1. The number of aryl methyl sites for hydroxylation is 1. The first-order chi connectivity index (χ1) is 14.7. The largest absolute Gasteiger partial charge is 0.469 e. The molecule has 0 saturated carbocycles. The zero-order chi connectivity index (χ0) is 22.6. The number of sulfonamides is 1. The highest BCUT2D eigenvalue weighted by atomic mass is 35.5. The number of benzene rings is 2. The van der Waals surface area contributed by atoms with E-state index in [4.69, 9.17) is 16.3 Å². The van der Waals surface area contributed by atoms with E-state index in [1.54, 1.807) is 35.2 Å². The van der Waals surface area contributed by atoms with Gasteiger partial charge in [0.2, 0.25) is 5.91 Å². The summed E-state index contributed by atoms with van der Waals surface area (Å²) in [6.45, 7) is 2.24. The van der Waals surface area contributed by atoms with E-state index in [0.717, 1.165) is 9.87 Å². The van der Waals surface area contributed by atoms with E-state index >= 15 is 0 Å². The van der Waals surface area contributed by atoms with Crippen LogP contribution in [0, 0.1) is 12.8 Å². The highest BCUT2D eigenvalue weighted by Crippen LogP contribution is 2.27. The number of carbonyl (C=O) groups is 2. The fraction of sp³-hybridized carbons (Fsp3) is 0.364. The van der Waals surface area contributed by atoms with Crippen LogP contribution < -0.4 is 4.31 Å². The third-order valence-electron chi connectivity index (χ3n) is 5.37. The van der Waals surface area contributed by atoms with Crippen molar-refractivity contribution in [3.8, 4) is 0 Å². The third-order valence-corrected chi connectivity index (χ3v) is 7.39. The second-order valence-electron chi connectivity index (χ2n) is 7.48. The molecule has 7 nitrogen and oxygen atoms in total. The van der Waals surface area contributed by atoms with Crippen LogP contribution in [0.1, 0.15) is 18.4 Å². The average molecular weight is 465 g/mol. The number of amides is 1. The zero-order valence-corrected chi connectivity index (χ0v) is 19.0. The summed E-state index contributed by atoms with van der Waals surface area (Å²) in [5, 5.41) is 0.368. The Morgan fingerprint density at radius 2 is 1.77 bits per heavy atom. The summed E-state index contributed by atoms with van der Waals surface area (Å²) < 4.78 is 32.7. The molecule has 1 aliphatic heterocycles. The Hall–Kier alpha value is -2.58. The van der Waals surface area contributed by atoms with E-state index in [-0.39, 0.29) is 29.2 Å². The Kier molecular flexibility index (Phi) is 7.23. The first kappa shape index (κ1) is 23.1.